The Morgan fingerprint density at radius 1 is 0.290 bits per heavy atom. The average molecular weight is 1110 g/mol. The molecule has 0 aliphatic carbocycles. The third kappa shape index (κ3) is 25.5. The Balaban J connectivity index is 0.000000467. The topological polar surface area (TPSA) is 114 Å². The first-order valence-electron chi connectivity index (χ1n) is 28.0. The molecule has 4 rings (SSSR count). The van der Waals surface area contributed by atoms with Crippen molar-refractivity contribution >= 4 is 90.7 Å². The molecular weight excluding hydrogens is 1020 g/mol. The monoisotopic (exact) mass is 1110 g/mol. The van der Waals surface area contributed by atoms with Gasteiger partial charge in [-0.05, 0) is 95.2 Å². The van der Waals surface area contributed by atoms with Crippen molar-refractivity contribution in [2.24, 2.45) is 0 Å². The van der Waals surface area contributed by atoms with Crippen LogP contribution in [-0.2, 0) is 45.9 Å². The van der Waals surface area contributed by atoms with Crippen LogP contribution in [0.4, 0.5) is 0 Å². The van der Waals surface area contributed by atoms with Crippen LogP contribution in [0.15, 0.2) is 70.5 Å². The fraction of sp³-hybridized carbons (Fsp3) is 0.667. The molecule has 0 N–H and O–H groups in total. The van der Waals surface area contributed by atoms with Gasteiger partial charge in [0.05, 0.1) is 9.79 Å². The van der Waals surface area contributed by atoms with Gasteiger partial charge in [0.15, 0.2) is 0 Å². The van der Waals surface area contributed by atoms with E-state index in [1.807, 2.05) is 48.5 Å². The molecule has 9 heteroatoms. The van der Waals surface area contributed by atoms with Gasteiger partial charge in [0, 0.05) is 0 Å². The van der Waals surface area contributed by atoms with Crippen molar-refractivity contribution in [1.29, 1.82) is 0 Å². The van der Waals surface area contributed by atoms with Crippen LogP contribution in [0.1, 0.15) is 255 Å². The van der Waals surface area contributed by atoms with E-state index in [0.717, 1.165) is 73.3 Å². The maximum absolute atomic E-state index is 12.3. The largest absolute Gasteiger partial charge is 2.00 e. The van der Waals surface area contributed by atoms with Crippen LogP contribution in [0.25, 0.3) is 21.5 Å². The quantitative estimate of drug-likeness (QED) is 0.0251. The number of unbranched alkanes of at least 4 members (excludes halogenated alkanes) is 28. The molecule has 0 saturated heterocycles. The Kier molecular flexibility index (Phi) is 35.5. The van der Waals surface area contributed by atoms with Gasteiger partial charge in [-0.25, -0.2) is 16.8 Å². The van der Waals surface area contributed by atoms with Crippen molar-refractivity contribution in [1.82, 2.24) is 0 Å². The first-order valence-corrected chi connectivity index (χ1v) is 30.8. The second-order valence-corrected chi connectivity index (χ2v) is 22.6. The molecule has 0 fully saturated rings. The smallest absolute Gasteiger partial charge is 0.744 e. The summed E-state index contributed by atoms with van der Waals surface area (Å²) in [6.45, 7) is 8.94. The molecule has 4 aromatic rings. The average Bonchev–Trinajstić information content (AvgIpc) is 3.31. The van der Waals surface area contributed by atoms with Gasteiger partial charge in [0.1, 0.15) is 20.2 Å². The van der Waals surface area contributed by atoms with E-state index < -0.39 is 20.2 Å². The summed E-state index contributed by atoms with van der Waals surface area (Å²) in [6, 6.07) is 19.5. The van der Waals surface area contributed by atoms with Gasteiger partial charge in [-0.1, -0.05) is 268 Å². The maximum Gasteiger partial charge on any atom is 2.00 e. The minimum atomic E-state index is -4.52. The Morgan fingerprint density at radius 2 is 0.522 bits per heavy atom. The summed E-state index contributed by atoms with van der Waals surface area (Å²) in [7, 11) is -9.05. The van der Waals surface area contributed by atoms with Crippen LogP contribution in [0, 0.1) is 0 Å². The van der Waals surface area contributed by atoms with Crippen molar-refractivity contribution < 1.29 is 25.9 Å². The van der Waals surface area contributed by atoms with Crippen LogP contribution >= 0.6 is 0 Å². The molecule has 6 nitrogen and oxygen atoms in total. The van der Waals surface area contributed by atoms with Gasteiger partial charge in [-0.2, -0.15) is 0 Å². The van der Waals surface area contributed by atoms with E-state index in [1.54, 1.807) is 0 Å². The number of fused-ring (bicyclic) bond motifs is 2. The summed E-state index contributed by atoms with van der Waals surface area (Å²) in [6.07, 6.45) is 42.7. The fourth-order valence-electron chi connectivity index (χ4n) is 10.1. The number of aryl methyl sites for hydroxylation is 4. The molecule has 0 saturated carbocycles. The first-order chi connectivity index (χ1) is 33.0. The van der Waals surface area contributed by atoms with E-state index in [0.29, 0.717) is 34.7 Å². The van der Waals surface area contributed by atoms with Gasteiger partial charge in [-0.3, -0.25) is 0 Å². The second kappa shape index (κ2) is 38.4. The van der Waals surface area contributed by atoms with E-state index in [1.165, 1.54) is 167 Å². The van der Waals surface area contributed by atoms with Crippen molar-refractivity contribution in [2.75, 3.05) is 0 Å². The summed E-state index contributed by atoms with van der Waals surface area (Å²) >= 11 is 0. The van der Waals surface area contributed by atoms with Crippen molar-refractivity contribution in [3.63, 3.8) is 0 Å². The number of hydrogen-bond donors (Lipinski definition) is 0. The van der Waals surface area contributed by atoms with Crippen LogP contribution in [-0.4, -0.2) is 74.8 Å². The number of rotatable bonds is 38. The van der Waals surface area contributed by atoms with Gasteiger partial charge < -0.3 is 9.11 Å². The standard InChI is InChI=1S/2C30H48O3S.Ba/c2*1-3-5-7-9-11-13-15-17-20-26-22-19-23-29-28(26)25-24-27(30(29)34(31,32)33)21-18-16-14-12-10-8-6-4-2;/h2*19,22-25H,3-18,20-21H2,1-2H3,(H,31,32,33);/q;;+2/p-2. The normalized spacial score (nSPS) is 11.8. The molecule has 0 amide bonds. The zero-order valence-electron chi connectivity index (χ0n) is 44.2. The Bertz CT molecular complexity index is 2030. The molecule has 0 unspecified atom stereocenters. The van der Waals surface area contributed by atoms with Gasteiger partial charge in [0.25, 0.3) is 0 Å². The SMILES string of the molecule is CCCCCCCCCCc1ccc2c(CCCCCCCCCC)cccc2c1S(=O)(=O)[O-].CCCCCCCCCCc1ccc2c(CCCCCCCCCC)cccc2c1S(=O)(=O)[O-].[Ba+2]. The van der Waals surface area contributed by atoms with Gasteiger partial charge in [-0.15, -0.1) is 0 Å². The molecular formula is C60H94BaO6S2. The second-order valence-electron chi connectivity index (χ2n) is 19.9. The molecule has 0 atom stereocenters. The minimum absolute atomic E-state index is 0. The molecule has 0 heterocycles. The molecule has 69 heavy (non-hydrogen) atoms. The third-order valence-corrected chi connectivity index (χ3v) is 16.0. The Labute approximate surface area is 463 Å². The van der Waals surface area contributed by atoms with Gasteiger partial charge in [0.2, 0.25) is 0 Å². The summed E-state index contributed by atoms with van der Waals surface area (Å²) < 4.78 is 73.6. The van der Waals surface area contributed by atoms with Crippen molar-refractivity contribution in [3.05, 3.63) is 82.9 Å². The third-order valence-electron chi connectivity index (χ3n) is 14.1. The minimum Gasteiger partial charge on any atom is -0.744 e. The van der Waals surface area contributed by atoms with Crippen LogP contribution in [0.3, 0.4) is 0 Å². The van der Waals surface area contributed by atoms with Crippen molar-refractivity contribution in [3.8, 4) is 0 Å². The summed E-state index contributed by atoms with van der Waals surface area (Å²) in [5.74, 6) is 0. The molecule has 0 aromatic heterocycles. The predicted molar refractivity (Wildman–Crippen MR) is 295 cm³/mol. The Morgan fingerprint density at radius 3 is 0.768 bits per heavy atom. The summed E-state index contributed by atoms with van der Waals surface area (Å²) in [4.78, 5) is 0.0384. The maximum atomic E-state index is 12.3. The molecule has 0 bridgehead atoms. The molecule has 0 radical (unpaired) electrons. The van der Waals surface area contributed by atoms with Crippen LogP contribution < -0.4 is 0 Å². The number of benzene rings is 4. The molecule has 384 valence electrons. The van der Waals surface area contributed by atoms with E-state index in [9.17, 15) is 25.9 Å². The Hall–Kier alpha value is -1.21. The zero-order chi connectivity index (χ0) is 49.3. The van der Waals surface area contributed by atoms with E-state index in [2.05, 4.69) is 39.8 Å². The zero-order valence-corrected chi connectivity index (χ0v) is 50.3. The van der Waals surface area contributed by atoms with E-state index in [4.69, 9.17) is 0 Å². The number of hydrogen-bond acceptors (Lipinski definition) is 6. The molecule has 0 spiro atoms. The predicted octanol–water partition coefficient (Wildman–Crippen LogP) is 17.8. The van der Waals surface area contributed by atoms with Gasteiger partial charge >= 0.3 is 48.9 Å². The van der Waals surface area contributed by atoms with E-state index in [-0.39, 0.29) is 58.7 Å². The molecule has 0 aliphatic heterocycles. The fourth-order valence-corrected chi connectivity index (χ4v) is 12.0. The first kappa shape index (κ1) is 63.9. The summed E-state index contributed by atoms with van der Waals surface area (Å²) in [5.41, 5.74) is 3.70. The molecule has 4 aromatic carbocycles. The summed E-state index contributed by atoms with van der Waals surface area (Å²) in [5, 5.41) is 3.09. The molecule has 0 aliphatic rings. The van der Waals surface area contributed by atoms with E-state index >= 15 is 0 Å². The van der Waals surface area contributed by atoms with Crippen LogP contribution in [0.2, 0.25) is 0 Å². The van der Waals surface area contributed by atoms with Crippen molar-refractivity contribution in [2.45, 2.75) is 269 Å². The van der Waals surface area contributed by atoms with Crippen LogP contribution in [0.5, 0.6) is 0 Å².